The third-order valence-electron chi connectivity index (χ3n) is 6.69. The number of carbonyl (C=O) groups excluding carboxylic acids is 2. The summed E-state index contributed by atoms with van der Waals surface area (Å²) in [5.41, 5.74) is 4.10. The van der Waals surface area contributed by atoms with Crippen molar-refractivity contribution in [2.75, 3.05) is 17.2 Å². The van der Waals surface area contributed by atoms with E-state index < -0.39 is 0 Å². The molecular weight excluding hydrogens is 456 g/mol. The maximum Gasteiger partial charge on any atom is 0.259 e. The molecule has 0 bridgehead atoms. The van der Waals surface area contributed by atoms with E-state index in [9.17, 15) is 9.59 Å². The van der Waals surface area contributed by atoms with E-state index in [-0.39, 0.29) is 17.2 Å². The predicted octanol–water partition coefficient (Wildman–Crippen LogP) is 7.11. The highest BCUT2D eigenvalue weighted by Gasteiger charge is 2.34. The van der Waals surface area contributed by atoms with Crippen molar-refractivity contribution in [3.63, 3.8) is 0 Å². The van der Waals surface area contributed by atoms with Crippen LogP contribution >= 0.6 is 11.3 Å². The van der Waals surface area contributed by atoms with Crippen molar-refractivity contribution in [3.8, 4) is 5.75 Å². The molecule has 2 amide bonds. The topological polar surface area (TPSA) is 67.4 Å². The Morgan fingerprint density at radius 3 is 2.43 bits per heavy atom. The van der Waals surface area contributed by atoms with Crippen LogP contribution < -0.4 is 15.4 Å². The van der Waals surface area contributed by atoms with Crippen molar-refractivity contribution in [1.29, 1.82) is 0 Å². The van der Waals surface area contributed by atoms with Crippen LogP contribution in [0.4, 0.5) is 10.7 Å². The summed E-state index contributed by atoms with van der Waals surface area (Å²) in [7, 11) is 0. The summed E-state index contributed by atoms with van der Waals surface area (Å²) in [6.07, 6.45) is 2.76. The van der Waals surface area contributed by atoms with Crippen LogP contribution in [0.2, 0.25) is 0 Å². The molecule has 3 aromatic rings. The number of ether oxygens (including phenoxy) is 1. The van der Waals surface area contributed by atoms with E-state index in [4.69, 9.17) is 4.74 Å². The van der Waals surface area contributed by atoms with Crippen LogP contribution in [-0.2, 0) is 12.8 Å². The molecular formula is C29H34N2O3S. The van der Waals surface area contributed by atoms with E-state index in [0.29, 0.717) is 40.1 Å². The van der Waals surface area contributed by atoms with Gasteiger partial charge in [0.05, 0.1) is 17.9 Å². The quantitative estimate of drug-likeness (QED) is 0.387. The number of benzene rings is 2. The summed E-state index contributed by atoms with van der Waals surface area (Å²) in [6.45, 7) is 11.2. The Kier molecular flexibility index (Phi) is 7.31. The molecule has 6 heteroatoms. The van der Waals surface area contributed by atoms with Gasteiger partial charge in [-0.25, -0.2) is 0 Å². The SMILES string of the molecule is CCOc1ccccc1NC(=O)c1c(NC(=O)c2ccc(C)cc2)sc2c1CCC(C(C)(C)C)C2. The first kappa shape index (κ1) is 25.0. The maximum absolute atomic E-state index is 13.7. The lowest BCUT2D eigenvalue weighted by atomic mass is 9.72. The van der Waals surface area contributed by atoms with Gasteiger partial charge in [-0.3, -0.25) is 9.59 Å². The zero-order chi connectivity index (χ0) is 25.2. The molecule has 1 aliphatic rings. The number of anilines is 2. The first-order valence-electron chi connectivity index (χ1n) is 12.2. The Balaban J connectivity index is 1.69. The number of hydrogen-bond donors (Lipinski definition) is 2. The van der Waals surface area contributed by atoms with E-state index in [1.807, 2.05) is 62.4 Å². The molecule has 0 saturated carbocycles. The lowest BCUT2D eigenvalue weighted by Gasteiger charge is -2.33. The fraction of sp³-hybridized carbons (Fsp3) is 0.379. The molecule has 0 spiro atoms. The molecule has 2 aromatic carbocycles. The number of para-hydroxylation sites is 2. The van der Waals surface area contributed by atoms with Crippen molar-refractivity contribution in [1.82, 2.24) is 0 Å². The highest BCUT2D eigenvalue weighted by atomic mass is 32.1. The number of nitrogens with one attached hydrogen (secondary N) is 2. The fourth-order valence-corrected chi connectivity index (χ4v) is 5.89. The Morgan fingerprint density at radius 1 is 1.03 bits per heavy atom. The molecule has 5 nitrogen and oxygen atoms in total. The van der Waals surface area contributed by atoms with Crippen molar-refractivity contribution in [2.45, 2.75) is 53.9 Å². The number of hydrogen-bond acceptors (Lipinski definition) is 4. The van der Waals surface area contributed by atoms with Gasteiger partial charge in [-0.05, 0) is 74.3 Å². The van der Waals surface area contributed by atoms with Crippen LogP contribution in [0.25, 0.3) is 0 Å². The summed E-state index contributed by atoms with van der Waals surface area (Å²) < 4.78 is 5.70. The smallest absolute Gasteiger partial charge is 0.259 e. The number of amides is 2. The first-order chi connectivity index (χ1) is 16.7. The Labute approximate surface area is 211 Å². The molecule has 0 saturated heterocycles. The molecule has 2 N–H and O–H groups in total. The highest BCUT2D eigenvalue weighted by Crippen LogP contribution is 2.44. The van der Waals surface area contributed by atoms with E-state index in [0.717, 1.165) is 30.4 Å². The summed E-state index contributed by atoms with van der Waals surface area (Å²) in [4.78, 5) is 27.9. The second kappa shape index (κ2) is 10.2. The molecule has 0 aliphatic heterocycles. The first-order valence-corrected chi connectivity index (χ1v) is 13.0. The average Bonchev–Trinajstić information content (AvgIpc) is 3.17. The van der Waals surface area contributed by atoms with Crippen molar-refractivity contribution >= 4 is 33.8 Å². The number of fused-ring (bicyclic) bond motifs is 1. The standard InChI is InChI=1S/C29H34N2O3S/c1-6-34-23-10-8-7-9-22(23)30-27(33)25-21-16-15-20(29(3,4)5)17-24(21)35-28(25)31-26(32)19-13-11-18(2)12-14-19/h7-14,20H,6,15-17H2,1-5H3,(H,30,33)(H,31,32). The van der Waals surface area contributed by atoms with E-state index in [1.54, 1.807) is 0 Å². The molecule has 1 aromatic heterocycles. The molecule has 1 atom stereocenters. The Hall–Kier alpha value is -3.12. The van der Waals surface area contributed by atoms with Gasteiger partial charge in [0.25, 0.3) is 11.8 Å². The molecule has 1 unspecified atom stereocenters. The van der Waals surface area contributed by atoms with Crippen molar-refractivity contribution in [3.05, 3.63) is 75.7 Å². The summed E-state index contributed by atoms with van der Waals surface area (Å²) in [5, 5.41) is 6.71. The highest BCUT2D eigenvalue weighted by molar-refractivity contribution is 7.17. The number of thiophene rings is 1. The van der Waals surface area contributed by atoms with Crippen LogP contribution in [0.3, 0.4) is 0 Å². The Morgan fingerprint density at radius 2 is 1.74 bits per heavy atom. The fourth-order valence-electron chi connectivity index (χ4n) is 4.57. The lowest BCUT2D eigenvalue weighted by molar-refractivity contribution is 0.102. The van der Waals surface area contributed by atoms with Gasteiger partial charge in [0, 0.05) is 10.4 Å². The third kappa shape index (κ3) is 5.59. The van der Waals surface area contributed by atoms with Crippen LogP contribution in [0.1, 0.15) is 70.8 Å². The maximum atomic E-state index is 13.7. The van der Waals surface area contributed by atoms with Gasteiger partial charge < -0.3 is 15.4 Å². The summed E-state index contributed by atoms with van der Waals surface area (Å²) in [5.74, 6) is 0.733. The van der Waals surface area contributed by atoms with Crippen LogP contribution in [-0.4, -0.2) is 18.4 Å². The summed E-state index contributed by atoms with van der Waals surface area (Å²) >= 11 is 1.54. The molecule has 184 valence electrons. The van der Waals surface area contributed by atoms with Gasteiger partial charge in [-0.2, -0.15) is 0 Å². The molecule has 0 radical (unpaired) electrons. The zero-order valence-corrected chi connectivity index (χ0v) is 22.0. The third-order valence-corrected chi connectivity index (χ3v) is 7.86. The monoisotopic (exact) mass is 490 g/mol. The second-order valence-corrected chi connectivity index (χ2v) is 11.3. The van der Waals surface area contributed by atoms with E-state index in [2.05, 4.69) is 31.4 Å². The van der Waals surface area contributed by atoms with Gasteiger partial charge in [-0.15, -0.1) is 11.3 Å². The Bertz CT molecular complexity index is 1220. The molecule has 1 aliphatic carbocycles. The van der Waals surface area contributed by atoms with Gasteiger partial charge in [0.15, 0.2) is 0 Å². The van der Waals surface area contributed by atoms with Crippen LogP contribution in [0.15, 0.2) is 48.5 Å². The zero-order valence-electron chi connectivity index (χ0n) is 21.2. The van der Waals surface area contributed by atoms with Crippen LogP contribution in [0, 0.1) is 18.3 Å². The summed E-state index contributed by atoms with van der Waals surface area (Å²) in [6, 6.07) is 14.9. The molecule has 4 rings (SSSR count). The average molecular weight is 491 g/mol. The minimum absolute atomic E-state index is 0.186. The lowest BCUT2D eigenvalue weighted by Crippen LogP contribution is -2.27. The molecule has 1 heterocycles. The van der Waals surface area contributed by atoms with E-state index in [1.165, 1.54) is 16.2 Å². The largest absolute Gasteiger partial charge is 0.492 e. The van der Waals surface area contributed by atoms with Gasteiger partial charge in [0.2, 0.25) is 0 Å². The number of rotatable bonds is 6. The van der Waals surface area contributed by atoms with E-state index >= 15 is 0 Å². The van der Waals surface area contributed by atoms with Gasteiger partial charge >= 0.3 is 0 Å². The van der Waals surface area contributed by atoms with Gasteiger partial charge in [0.1, 0.15) is 10.8 Å². The second-order valence-electron chi connectivity index (χ2n) is 10.2. The number of carbonyl (C=O) groups is 2. The van der Waals surface area contributed by atoms with Crippen LogP contribution in [0.5, 0.6) is 5.75 Å². The van der Waals surface area contributed by atoms with Crippen molar-refractivity contribution in [2.24, 2.45) is 11.3 Å². The predicted molar refractivity (Wildman–Crippen MR) is 144 cm³/mol. The number of aryl methyl sites for hydroxylation is 1. The normalized spacial score (nSPS) is 15.3. The molecule has 0 fully saturated rings. The minimum atomic E-state index is -0.219. The minimum Gasteiger partial charge on any atom is -0.492 e. The van der Waals surface area contributed by atoms with Crippen molar-refractivity contribution < 1.29 is 14.3 Å². The van der Waals surface area contributed by atoms with Gasteiger partial charge in [-0.1, -0.05) is 50.6 Å². The molecule has 35 heavy (non-hydrogen) atoms.